The molecule has 7 heteroatoms. The number of imidazole rings is 1. The Hall–Kier alpha value is -1.90. The van der Waals surface area contributed by atoms with Gasteiger partial charge in [-0.25, -0.2) is 4.98 Å². The fourth-order valence-corrected chi connectivity index (χ4v) is 2.33. The average molecular weight is 367 g/mol. The summed E-state index contributed by atoms with van der Waals surface area (Å²) >= 11 is 2.20. The molecular weight excluding hydrogens is 357 g/mol. The van der Waals surface area contributed by atoms with E-state index in [1.807, 2.05) is 30.3 Å². The molecule has 3 aromatic rings. The minimum atomic E-state index is -0.167. The molecule has 3 N–H and O–H groups in total. The van der Waals surface area contributed by atoms with Crippen LogP contribution < -0.4 is 10.5 Å². The van der Waals surface area contributed by atoms with Gasteiger partial charge in [0.05, 0.1) is 6.33 Å². The summed E-state index contributed by atoms with van der Waals surface area (Å²) in [6.07, 6.45) is 1.54. The molecule has 0 aliphatic rings. The van der Waals surface area contributed by atoms with E-state index in [9.17, 15) is 0 Å². The zero-order chi connectivity index (χ0) is 13.2. The number of hydrogen-bond acceptors (Lipinski definition) is 5. The molecule has 0 bridgehead atoms. The third-order valence-electron chi connectivity index (χ3n) is 2.55. The first-order chi connectivity index (χ1) is 9.24. The highest BCUT2D eigenvalue weighted by Gasteiger charge is 2.15. The summed E-state index contributed by atoms with van der Waals surface area (Å²) in [6.45, 7) is 0. The fourth-order valence-electron chi connectivity index (χ4n) is 1.68. The molecule has 2 heterocycles. The van der Waals surface area contributed by atoms with Crippen LogP contribution >= 0.6 is 22.6 Å². The van der Waals surface area contributed by atoms with Crippen molar-refractivity contribution in [1.29, 1.82) is 0 Å². The number of nitrogens with zero attached hydrogens (tertiary/aromatic N) is 3. The van der Waals surface area contributed by atoms with Crippen LogP contribution in [0, 0.1) is 0 Å². The Labute approximate surface area is 122 Å². The summed E-state index contributed by atoms with van der Waals surface area (Å²) in [6, 6.07) is 9.87. The largest absolute Gasteiger partial charge is 0.457 e. The number of nitrogen functional groups attached to an aromatic ring is 1. The molecule has 0 aliphatic heterocycles. The Balaban J connectivity index is 1.95. The Kier molecular flexibility index (Phi) is 3.20. The van der Waals surface area contributed by atoms with Gasteiger partial charge in [-0.05, 0) is 22.6 Å². The molecular formula is C12H10IN5O. The zero-order valence-corrected chi connectivity index (χ0v) is 11.9. The molecule has 0 saturated heterocycles. The number of ether oxygens (including phenoxy) is 1. The van der Waals surface area contributed by atoms with Crippen LogP contribution in [0.25, 0.3) is 11.2 Å². The van der Waals surface area contributed by atoms with Gasteiger partial charge in [-0.1, -0.05) is 30.3 Å². The van der Waals surface area contributed by atoms with Gasteiger partial charge in [0, 0.05) is 5.56 Å². The van der Waals surface area contributed by atoms with Crippen molar-refractivity contribution in [2.75, 3.05) is 5.73 Å². The second-order valence-corrected chi connectivity index (χ2v) is 4.96. The van der Waals surface area contributed by atoms with Crippen LogP contribution in [0.4, 0.5) is 5.95 Å². The lowest BCUT2D eigenvalue weighted by atomic mass is 10.2. The number of nitrogens with two attached hydrogens (primary N) is 1. The van der Waals surface area contributed by atoms with Crippen LogP contribution in [-0.4, -0.2) is 19.9 Å². The summed E-state index contributed by atoms with van der Waals surface area (Å²) in [5, 5.41) is 0. The zero-order valence-electron chi connectivity index (χ0n) is 9.75. The number of H-pyrrole nitrogens is 1. The number of alkyl halides is 1. The normalized spacial score (nSPS) is 12.5. The van der Waals surface area contributed by atoms with Crippen molar-refractivity contribution in [3.63, 3.8) is 0 Å². The van der Waals surface area contributed by atoms with Gasteiger partial charge in [-0.2, -0.15) is 9.97 Å². The number of fused-ring (bicyclic) bond motifs is 1. The minimum absolute atomic E-state index is 0.145. The quantitative estimate of drug-likeness (QED) is 0.548. The molecule has 1 unspecified atom stereocenters. The Morgan fingerprint density at radius 2 is 2.00 bits per heavy atom. The highest BCUT2D eigenvalue weighted by atomic mass is 127. The van der Waals surface area contributed by atoms with Gasteiger partial charge in [0.15, 0.2) is 9.76 Å². The van der Waals surface area contributed by atoms with Crippen molar-refractivity contribution in [1.82, 2.24) is 19.9 Å². The number of aromatic amines is 1. The van der Waals surface area contributed by atoms with E-state index in [0.717, 1.165) is 5.56 Å². The standard InChI is InChI=1S/C12H10IN5O/c13-9(7-4-2-1-3-5-7)19-11-8-10(16-6-15-8)17-12(14)18-11/h1-6,9H,(H3,14,15,16,17,18). The topological polar surface area (TPSA) is 89.7 Å². The molecule has 0 amide bonds. The van der Waals surface area contributed by atoms with Crippen LogP contribution in [0.1, 0.15) is 9.67 Å². The lowest BCUT2D eigenvalue weighted by Crippen LogP contribution is -2.04. The van der Waals surface area contributed by atoms with Gasteiger partial charge in [0.25, 0.3) is 0 Å². The monoisotopic (exact) mass is 367 g/mol. The van der Waals surface area contributed by atoms with E-state index >= 15 is 0 Å². The molecule has 19 heavy (non-hydrogen) atoms. The lowest BCUT2D eigenvalue weighted by molar-refractivity contribution is 0.302. The van der Waals surface area contributed by atoms with Gasteiger partial charge in [0.2, 0.25) is 11.8 Å². The molecule has 3 rings (SSSR count). The Morgan fingerprint density at radius 1 is 1.21 bits per heavy atom. The molecule has 6 nitrogen and oxygen atoms in total. The lowest BCUT2D eigenvalue weighted by Gasteiger charge is -2.13. The molecule has 0 saturated carbocycles. The summed E-state index contributed by atoms with van der Waals surface area (Å²) in [4.78, 5) is 15.1. The van der Waals surface area contributed by atoms with Crippen molar-refractivity contribution in [2.24, 2.45) is 0 Å². The summed E-state index contributed by atoms with van der Waals surface area (Å²) in [5.74, 6) is 0.550. The van der Waals surface area contributed by atoms with Gasteiger partial charge >= 0.3 is 0 Å². The molecule has 0 spiro atoms. The van der Waals surface area contributed by atoms with Crippen LogP contribution in [0.2, 0.25) is 0 Å². The summed E-state index contributed by atoms with van der Waals surface area (Å²) < 4.78 is 5.67. The molecule has 96 valence electrons. The van der Waals surface area contributed by atoms with Crippen molar-refractivity contribution in [2.45, 2.75) is 4.11 Å². The fraction of sp³-hybridized carbons (Fsp3) is 0.0833. The number of nitrogens with one attached hydrogen (secondary N) is 1. The van der Waals surface area contributed by atoms with Gasteiger partial charge in [-0.15, -0.1) is 0 Å². The van der Waals surface area contributed by atoms with E-state index in [2.05, 4.69) is 42.5 Å². The first kappa shape index (κ1) is 12.2. The second kappa shape index (κ2) is 5.00. The molecule has 0 aliphatic carbocycles. The Morgan fingerprint density at radius 3 is 2.79 bits per heavy atom. The van der Waals surface area contributed by atoms with Crippen molar-refractivity contribution in [3.05, 3.63) is 42.2 Å². The third-order valence-corrected chi connectivity index (χ3v) is 3.52. The van der Waals surface area contributed by atoms with Gasteiger partial charge < -0.3 is 15.5 Å². The SMILES string of the molecule is Nc1nc(OC(I)c2ccccc2)c2[nH]cnc2n1. The first-order valence-electron chi connectivity index (χ1n) is 5.56. The van der Waals surface area contributed by atoms with Crippen LogP contribution in [0.5, 0.6) is 5.88 Å². The second-order valence-electron chi connectivity index (χ2n) is 3.83. The van der Waals surface area contributed by atoms with Crippen LogP contribution in [-0.2, 0) is 0 Å². The maximum absolute atomic E-state index is 5.84. The van der Waals surface area contributed by atoms with E-state index in [4.69, 9.17) is 10.5 Å². The van der Waals surface area contributed by atoms with E-state index in [1.165, 1.54) is 6.33 Å². The third kappa shape index (κ3) is 2.46. The maximum Gasteiger partial charge on any atom is 0.246 e. The number of rotatable bonds is 3. The highest BCUT2D eigenvalue weighted by molar-refractivity contribution is 14.1. The summed E-state index contributed by atoms with van der Waals surface area (Å²) in [5.41, 5.74) is 7.83. The molecule has 1 atom stereocenters. The molecule has 0 radical (unpaired) electrons. The number of benzene rings is 1. The van der Waals surface area contributed by atoms with E-state index in [-0.39, 0.29) is 10.1 Å². The van der Waals surface area contributed by atoms with Gasteiger partial charge in [0.1, 0.15) is 5.52 Å². The van der Waals surface area contributed by atoms with E-state index < -0.39 is 0 Å². The first-order valence-corrected chi connectivity index (χ1v) is 6.81. The van der Waals surface area contributed by atoms with Crippen molar-refractivity contribution < 1.29 is 4.74 Å². The average Bonchev–Trinajstić information content (AvgIpc) is 2.88. The number of aromatic nitrogens is 4. The predicted octanol–water partition coefficient (Wildman–Crippen LogP) is 2.45. The predicted molar refractivity (Wildman–Crippen MR) is 79.9 cm³/mol. The molecule has 2 aromatic heterocycles. The summed E-state index contributed by atoms with van der Waals surface area (Å²) in [7, 11) is 0. The van der Waals surface area contributed by atoms with Crippen molar-refractivity contribution >= 4 is 39.7 Å². The number of hydrogen-bond donors (Lipinski definition) is 2. The molecule has 0 fully saturated rings. The van der Waals surface area contributed by atoms with Crippen molar-refractivity contribution in [3.8, 4) is 5.88 Å². The van der Waals surface area contributed by atoms with E-state index in [1.54, 1.807) is 0 Å². The van der Waals surface area contributed by atoms with Crippen LogP contribution in [0.15, 0.2) is 36.7 Å². The molecule has 1 aromatic carbocycles. The number of anilines is 1. The smallest absolute Gasteiger partial charge is 0.246 e. The number of halogens is 1. The highest BCUT2D eigenvalue weighted by Crippen LogP contribution is 2.29. The van der Waals surface area contributed by atoms with E-state index in [0.29, 0.717) is 17.0 Å². The van der Waals surface area contributed by atoms with Gasteiger partial charge in [-0.3, -0.25) is 0 Å². The maximum atomic E-state index is 5.84. The Bertz CT molecular complexity index is 700. The van der Waals surface area contributed by atoms with Crippen LogP contribution in [0.3, 0.4) is 0 Å². The minimum Gasteiger partial charge on any atom is -0.457 e.